The van der Waals surface area contributed by atoms with Crippen LogP contribution in [0.25, 0.3) is 0 Å². The van der Waals surface area contributed by atoms with E-state index in [0.717, 1.165) is 32.4 Å². The van der Waals surface area contributed by atoms with E-state index in [0.29, 0.717) is 29.4 Å². The van der Waals surface area contributed by atoms with E-state index >= 15 is 0 Å². The largest absolute Gasteiger partial charge is 0.390 e. The van der Waals surface area contributed by atoms with Gasteiger partial charge in [-0.1, -0.05) is 24.3 Å². The summed E-state index contributed by atoms with van der Waals surface area (Å²) in [5.74, 6) is 0.415. The van der Waals surface area contributed by atoms with E-state index in [2.05, 4.69) is 44.5 Å². The van der Waals surface area contributed by atoms with Crippen LogP contribution in [-0.2, 0) is 24.4 Å². The number of nitrogens with zero attached hydrogens (tertiary/aromatic N) is 4. The van der Waals surface area contributed by atoms with Crippen LogP contribution in [0.1, 0.15) is 47.1 Å². The van der Waals surface area contributed by atoms with Crippen LogP contribution in [0.4, 0.5) is 5.82 Å². The highest BCUT2D eigenvalue weighted by Crippen LogP contribution is 2.51. The van der Waals surface area contributed by atoms with Gasteiger partial charge in [-0.15, -0.1) is 0 Å². The van der Waals surface area contributed by atoms with Gasteiger partial charge >= 0.3 is 0 Å². The van der Waals surface area contributed by atoms with Crippen molar-refractivity contribution in [1.29, 1.82) is 0 Å². The molecule has 0 saturated carbocycles. The molecule has 1 aromatic heterocycles. The lowest BCUT2D eigenvalue weighted by molar-refractivity contribution is -0.114. The highest BCUT2D eigenvalue weighted by atomic mass is 16.3. The van der Waals surface area contributed by atoms with Crippen molar-refractivity contribution in [2.24, 2.45) is 16.1 Å². The molecule has 2 aliphatic heterocycles. The van der Waals surface area contributed by atoms with Crippen molar-refractivity contribution in [3.05, 3.63) is 52.5 Å². The minimum absolute atomic E-state index is 0.0581. The molecule has 0 unspecified atom stereocenters. The summed E-state index contributed by atoms with van der Waals surface area (Å²) >= 11 is 0. The van der Waals surface area contributed by atoms with Crippen LogP contribution in [0.3, 0.4) is 0 Å². The number of aromatic nitrogens is 2. The first-order valence-electron chi connectivity index (χ1n) is 10.4. The smallest absolute Gasteiger partial charge is 0.271 e. The maximum Gasteiger partial charge on any atom is 0.271 e. The molecule has 3 aliphatic rings. The van der Waals surface area contributed by atoms with Crippen LogP contribution >= 0.6 is 0 Å². The second kappa shape index (κ2) is 7.14. The monoisotopic (exact) mass is 406 g/mol. The highest BCUT2D eigenvalue weighted by Gasteiger charge is 2.46. The predicted molar refractivity (Wildman–Crippen MR) is 113 cm³/mol. The summed E-state index contributed by atoms with van der Waals surface area (Å²) in [5.41, 5.74) is 11.3. The van der Waals surface area contributed by atoms with Gasteiger partial charge in [0.2, 0.25) is 0 Å². The molecular formula is C22H26N6O2. The number of nitrogens with one attached hydrogen (secondary N) is 1. The number of benzene rings is 1. The Kier molecular flexibility index (Phi) is 4.56. The number of aliphatic hydroxyl groups is 1. The second-order valence-electron chi connectivity index (χ2n) is 8.39. The topological polar surface area (TPSA) is 117 Å². The lowest BCUT2D eigenvalue weighted by Gasteiger charge is -2.43. The predicted octanol–water partition coefficient (Wildman–Crippen LogP) is 0.860. The Hall–Kier alpha value is -2.84. The first-order valence-corrected chi connectivity index (χ1v) is 10.4. The van der Waals surface area contributed by atoms with E-state index in [1.165, 1.54) is 11.1 Å². The van der Waals surface area contributed by atoms with Crippen molar-refractivity contribution >= 4 is 17.4 Å². The first kappa shape index (κ1) is 19.1. The summed E-state index contributed by atoms with van der Waals surface area (Å²) in [6.07, 6.45) is 2.95. The molecule has 1 atom stereocenters. The van der Waals surface area contributed by atoms with Crippen LogP contribution in [-0.4, -0.2) is 46.8 Å². The molecule has 4 N–H and O–H groups in total. The molecule has 1 amide bonds. The van der Waals surface area contributed by atoms with E-state index < -0.39 is 0 Å². The minimum Gasteiger partial charge on any atom is -0.390 e. The van der Waals surface area contributed by atoms with Gasteiger partial charge in [0.05, 0.1) is 18.8 Å². The number of hydrogen-bond acceptors (Lipinski definition) is 7. The summed E-state index contributed by atoms with van der Waals surface area (Å²) in [5, 5.41) is 12.5. The van der Waals surface area contributed by atoms with E-state index in [1.54, 1.807) is 7.05 Å². The van der Waals surface area contributed by atoms with Gasteiger partial charge in [-0.3, -0.25) is 9.79 Å². The fourth-order valence-corrected chi connectivity index (χ4v) is 5.15. The number of aliphatic hydroxyl groups excluding tert-OH is 1. The third kappa shape index (κ3) is 2.82. The summed E-state index contributed by atoms with van der Waals surface area (Å²) in [6, 6.07) is 8.55. The van der Waals surface area contributed by atoms with Gasteiger partial charge in [-0.25, -0.2) is 9.97 Å². The third-order valence-corrected chi connectivity index (χ3v) is 6.87. The van der Waals surface area contributed by atoms with Crippen LogP contribution in [0.2, 0.25) is 0 Å². The van der Waals surface area contributed by atoms with Gasteiger partial charge in [0, 0.05) is 26.2 Å². The Labute approximate surface area is 175 Å². The van der Waals surface area contributed by atoms with Gasteiger partial charge in [-0.05, 0) is 35.8 Å². The summed E-state index contributed by atoms with van der Waals surface area (Å²) in [7, 11) is 1.56. The van der Waals surface area contributed by atoms with Crippen molar-refractivity contribution in [3.63, 3.8) is 0 Å². The number of rotatable bonds is 3. The van der Waals surface area contributed by atoms with E-state index in [-0.39, 0.29) is 29.7 Å². The van der Waals surface area contributed by atoms with E-state index in [4.69, 9.17) is 10.7 Å². The van der Waals surface area contributed by atoms with Crippen molar-refractivity contribution < 1.29 is 9.90 Å². The number of anilines is 1. The van der Waals surface area contributed by atoms with Gasteiger partial charge in [0.25, 0.3) is 5.91 Å². The number of carbonyl (C=O) groups is 1. The Morgan fingerprint density at radius 1 is 1.30 bits per heavy atom. The number of fused-ring (bicyclic) bond motifs is 2. The van der Waals surface area contributed by atoms with E-state index in [9.17, 15) is 9.90 Å². The molecule has 1 aromatic carbocycles. The molecule has 5 rings (SSSR count). The SMILES string of the molecule is CNC(=O)C1=NCc2nc(N3CCC4(CC3)Cc3ccccc3[C@H]4N)c(CO)nc21. The number of aliphatic imine (C=N–C) groups is 1. The lowest BCUT2D eigenvalue weighted by Crippen LogP contribution is -2.45. The van der Waals surface area contributed by atoms with Crippen LogP contribution in [0.15, 0.2) is 29.3 Å². The van der Waals surface area contributed by atoms with Crippen LogP contribution in [0, 0.1) is 5.41 Å². The number of hydrogen-bond donors (Lipinski definition) is 3. The molecule has 1 aliphatic carbocycles. The standard InChI is InChI=1S/C22H26N6O2/c1-24-21(30)18-17-15(11-25-18)27-20(16(12-29)26-17)28-8-6-22(7-9-28)10-13-4-2-3-5-14(13)19(22)23/h2-5,19,29H,6-12,23H2,1H3,(H,24,30)/t19-/m1/s1. The average molecular weight is 406 g/mol. The number of carbonyl (C=O) groups excluding carboxylic acids is 1. The summed E-state index contributed by atoms with van der Waals surface area (Å²) in [6.45, 7) is 1.72. The number of likely N-dealkylation sites (N-methyl/N-ethyl adjacent to an activating group) is 1. The Morgan fingerprint density at radius 2 is 2.07 bits per heavy atom. The Bertz CT molecular complexity index is 1040. The normalized spacial score (nSPS) is 21.4. The van der Waals surface area contributed by atoms with E-state index in [1.807, 2.05) is 0 Å². The third-order valence-electron chi connectivity index (χ3n) is 6.87. The van der Waals surface area contributed by atoms with Crippen molar-refractivity contribution in [3.8, 4) is 0 Å². The molecule has 2 aromatic rings. The number of piperidine rings is 1. The summed E-state index contributed by atoms with van der Waals surface area (Å²) in [4.78, 5) is 27.8. The minimum atomic E-state index is -0.283. The van der Waals surface area contributed by atoms with Crippen molar-refractivity contribution in [2.75, 3.05) is 25.0 Å². The quantitative estimate of drug-likeness (QED) is 0.696. The molecule has 1 saturated heterocycles. The Morgan fingerprint density at radius 3 is 2.77 bits per heavy atom. The maximum absolute atomic E-state index is 12.0. The second-order valence-corrected chi connectivity index (χ2v) is 8.39. The molecule has 156 valence electrons. The Balaban J connectivity index is 1.38. The van der Waals surface area contributed by atoms with Gasteiger partial charge < -0.3 is 21.1 Å². The van der Waals surface area contributed by atoms with Gasteiger partial charge in [0.15, 0.2) is 11.5 Å². The maximum atomic E-state index is 12.0. The zero-order valence-corrected chi connectivity index (χ0v) is 17.1. The van der Waals surface area contributed by atoms with Crippen LogP contribution in [0.5, 0.6) is 0 Å². The fraction of sp³-hybridized carbons (Fsp3) is 0.455. The molecular weight excluding hydrogens is 380 g/mol. The highest BCUT2D eigenvalue weighted by molar-refractivity contribution is 6.45. The number of nitrogens with two attached hydrogens (primary N) is 1. The zero-order chi connectivity index (χ0) is 20.9. The number of amides is 1. The zero-order valence-electron chi connectivity index (χ0n) is 17.1. The molecule has 1 spiro atoms. The van der Waals surface area contributed by atoms with Crippen LogP contribution < -0.4 is 16.0 Å². The van der Waals surface area contributed by atoms with Crippen molar-refractivity contribution in [1.82, 2.24) is 15.3 Å². The van der Waals surface area contributed by atoms with Gasteiger partial charge in [-0.2, -0.15) is 0 Å². The molecule has 0 bridgehead atoms. The lowest BCUT2D eigenvalue weighted by atomic mass is 9.73. The first-order chi connectivity index (χ1) is 14.6. The van der Waals surface area contributed by atoms with Gasteiger partial charge in [0.1, 0.15) is 11.4 Å². The fourth-order valence-electron chi connectivity index (χ4n) is 5.15. The average Bonchev–Trinajstić information content (AvgIpc) is 3.32. The molecule has 8 nitrogen and oxygen atoms in total. The molecule has 30 heavy (non-hydrogen) atoms. The van der Waals surface area contributed by atoms with Crippen molar-refractivity contribution in [2.45, 2.75) is 38.5 Å². The molecule has 8 heteroatoms. The molecule has 0 radical (unpaired) electrons. The molecule has 3 heterocycles. The summed E-state index contributed by atoms with van der Waals surface area (Å²) < 4.78 is 0. The molecule has 1 fully saturated rings.